The molecular formula is C15H22F2N2O2. The summed E-state index contributed by atoms with van der Waals surface area (Å²) in [6, 6.07) is 3.21. The second kappa shape index (κ2) is 7.36. The molecule has 0 radical (unpaired) electrons. The first-order chi connectivity index (χ1) is 9.67. The van der Waals surface area contributed by atoms with E-state index in [9.17, 15) is 13.6 Å². The number of hydrogen-bond donors (Lipinski definition) is 2. The average Bonchev–Trinajstić information content (AvgIpc) is 2.35. The van der Waals surface area contributed by atoms with Crippen LogP contribution in [0.1, 0.15) is 33.3 Å². The molecule has 1 aromatic rings. The number of amides is 1. The van der Waals surface area contributed by atoms with Crippen LogP contribution in [0.3, 0.4) is 0 Å². The van der Waals surface area contributed by atoms with Crippen molar-refractivity contribution in [3.8, 4) is 0 Å². The summed E-state index contributed by atoms with van der Waals surface area (Å²) >= 11 is 0. The van der Waals surface area contributed by atoms with Gasteiger partial charge in [0.1, 0.15) is 17.2 Å². The van der Waals surface area contributed by atoms with Crippen molar-refractivity contribution in [3.63, 3.8) is 0 Å². The number of ether oxygens (including phenoxy) is 1. The number of hydrogen-bond acceptors (Lipinski definition) is 3. The molecular weight excluding hydrogens is 278 g/mol. The Morgan fingerprint density at radius 3 is 2.62 bits per heavy atom. The van der Waals surface area contributed by atoms with E-state index < -0.39 is 23.3 Å². The van der Waals surface area contributed by atoms with Gasteiger partial charge in [0.2, 0.25) is 0 Å². The minimum atomic E-state index is -0.550. The number of halogens is 2. The van der Waals surface area contributed by atoms with E-state index >= 15 is 0 Å². The van der Waals surface area contributed by atoms with Gasteiger partial charge in [0, 0.05) is 24.7 Å². The fourth-order valence-corrected chi connectivity index (χ4v) is 1.59. The van der Waals surface area contributed by atoms with Gasteiger partial charge in [-0.2, -0.15) is 0 Å². The molecule has 4 nitrogen and oxygen atoms in total. The Hall–Kier alpha value is -1.69. The highest BCUT2D eigenvalue weighted by Crippen LogP contribution is 2.09. The zero-order valence-electron chi connectivity index (χ0n) is 12.8. The minimum Gasteiger partial charge on any atom is -0.444 e. The largest absolute Gasteiger partial charge is 0.444 e. The van der Waals surface area contributed by atoms with Crippen molar-refractivity contribution in [3.05, 3.63) is 35.4 Å². The van der Waals surface area contributed by atoms with Crippen LogP contribution in [0.2, 0.25) is 0 Å². The average molecular weight is 300 g/mol. The summed E-state index contributed by atoms with van der Waals surface area (Å²) in [5.41, 5.74) is -0.301. The molecule has 21 heavy (non-hydrogen) atoms. The Kier molecular flexibility index (Phi) is 6.08. The monoisotopic (exact) mass is 300 g/mol. The maximum atomic E-state index is 13.4. The smallest absolute Gasteiger partial charge is 0.407 e. The van der Waals surface area contributed by atoms with Gasteiger partial charge < -0.3 is 15.4 Å². The maximum absolute atomic E-state index is 13.4. The van der Waals surface area contributed by atoms with Gasteiger partial charge in [-0.1, -0.05) is 0 Å². The maximum Gasteiger partial charge on any atom is 0.407 e. The predicted octanol–water partition coefficient (Wildman–Crippen LogP) is 2.97. The van der Waals surface area contributed by atoms with Crippen molar-refractivity contribution in [1.29, 1.82) is 0 Å². The molecule has 1 rings (SSSR count). The SMILES string of the molecule is CC(CNC(=O)OC(C)(C)C)NCc1cc(F)ccc1F. The summed E-state index contributed by atoms with van der Waals surface area (Å²) in [5.74, 6) is -0.941. The summed E-state index contributed by atoms with van der Waals surface area (Å²) in [6.45, 7) is 7.67. The van der Waals surface area contributed by atoms with Crippen LogP contribution in [0, 0.1) is 11.6 Å². The molecule has 1 unspecified atom stereocenters. The third kappa shape index (κ3) is 7.04. The molecule has 0 aliphatic rings. The van der Waals surface area contributed by atoms with Gasteiger partial charge in [-0.15, -0.1) is 0 Å². The van der Waals surface area contributed by atoms with E-state index in [4.69, 9.17) is 4.74 Å². The Morgan fingerprint density at radius 1 is 1.33 bits per heavy atom. The summed E-state index contributed by atoms with van der Waals surface area (Å²) in [6.07, 6.45) is -0.506. The molecule has 0 saturated carbocycles. The van der Waals surface area contributed by atoms with Crippen LogP contribution >= 0.6 is 0 Å². The lowest BCUT2D eigenvalue weighted by Gasteiger charge is -2.21. The minimum absolute atomic E-state index is 0.111. The molecule has 0 bridgehead atoms. The van der Waals surface area contributed by atoms with Crippen LogP contribution in [-0.4, -0.2) is 24.3 Å². The molecule has 0 aliphatic heterocycles. The first-order valence-electron chi connectivity index (χ1n) is 6.81. The summed E-state index contributed by atoms with van der Waals surface area (Å²) in [5, 5.41) is 5.62. The van der Waals surface area contributed by atoms with Crippen molar-refractivity contribution in [2.75, 3.05) is 6.54 Å². The van der Waals surface area contributed by atoms with Crippen LogP contribution in [0.5, 0.6) is 0 Å². The standard InChI is InChI=1S/C15H22F2N2O2/c1-10(8-19-14(20)21-15(2,3)4)18-9-11-7-12(16)5-6-13(11)17/h5-7,10,18H,8-9H2,1-4H3,(H,19,20). The van der Waals surface area contributed by atoms with E-state index in [1.807, 2.05) is 6.92 Å². The van der Waals surface area contributed by atoms with Gasteiger partial charge in [0.05, 0.1) is 0 Å². The van der Waals surface area contributed by atoms with Crippen LogP contribution in [0.15, 0.2) is 18.2 Å². The quantitative estimate of drug-likeness (QED) is 0.879. The fourth-order valence-electron chi connectivity index (χ4n) is 1.59. The molecule has 0 aromatic heterocycles. The molecule has 0 heterocycles. The molecule has 0 saturated heterocycles. The lowest BCUT2D eigenvalue weighted by atomic mass is 10.2. The van der Waals surface area contributed by atoms with Crippen LogP contribution < -0.4 is 10.6 Å². The van der Waals surface area contributed by atoms with Crippen LogP contribution in [-0.2, 0) is 11.3 Å². The van der Waals surface area contributed by atoms with Gasteiger partial charge in [-0.3, -0.25) is 0 Å². The first-order valence-corrected chi connectivity index (χ1v) is 6.81. The number of alkyl carbamates (subject to hydrolysis) is 1. The van der Waals surface area contributed by atoms with Crippen LogP contribution in [0.4, 0.5) is 13.6 Å². The summed E-state index contributed by atoms with van der Waals surface area (Å²) in [4.78, 5) is 11.5. The molecule has 2 N–H and O–H groups in total. The summed E-state index contributed by atoms with van der Waals surface area (Å²) in [7, 11) is 0. The molecule has 1 atom stereocenters. The van der Waals surface area contributed by atoms with Gasteiger partial charge in [-0.05, 0) is 45.9 Å². The Morgan fingerprint density at radius 2 is 2.00 bits per heavy atom. The van der Waals surface area contributed by atoms with E-state index in [0.717, 1.165) is 18.2 Å². The molecule has 6 heteroatoms. The van der Waals surface area contributed by atoms with Gasteiger partial charge >= 0.3 is 6.09 Å². The van der Waals surface area contributed by atoms with Gasteiger partial charge in [-0.25, -0.2) is 13.6 Å². The van der Waals surface area contributed by atoms with Gasteiger partial charge in [0.25, 0.3) is 0 Å². The second-order valence-electron chi connectivity index (χ2n) is 5.90. The molecule has 1 amide bonds. The van der Waals surface area contributed by atoms with E-state index in [1.165, 1.54) is 0 Å². The van der Waals surface area contributed by atoms with Crippen molar-refractivity contribution in [2.45, 2.75) is 45.9 Å². The van der Waals surface area contributed by atoms with E-state index in [0.29, 0.717) is 6.54 Å². The topological polar surface area (TPSA) is 50.4 Å². The lowest BCUT2D eigenvalue weighted by molar-refractivity contribution is 0.0523. The van der Waals surface area contributed by atoms with Crippen molar-refractivity contribution < 1.29 is 18.3 Å². The molecule has 0 spiro atoms. The van der Waals surface area contributed by atoms with Gasteiger partial charge in [0.15, 0.2) is 0 Å². The number of benzene rings is 1. The summed E-state index contributed by atoms with van der Waals surface area (Å²) < 4.78 is 31.5. The highest BCUT2D eigenvalue weighted by Gasteiger charge is 2.16. The molecule has 118 valence electrons. The zero-order valence-corrected chi connectivity index (χ0v) is 12.8. The zero-order chi connectivity index (χ0) is 16.0. The number of carbonyl (C=O) groups is 1. The van der Waals surface area contributed by atoms with Crippen LogP contribution in [0.25, 0.3) is 0 Å². The number of carbonyl (C=O) groups excluding carboxylic acids is 1. The molecule has 1 aromatic carbocycles. The lowest BCUT2D eigenvalue weighted by Crippen LogP contribution is -2.41. The highest BCUT2D eigenvalue weighted by atomic mass is 19.1. The van der Waals surface area contributed by atoms with E-state index in [-0.39, 0.29) is 18.2 Å². The van der Waals surface area contributed by atoms with Crippen molar-refractivity contribution >= 4 is 6.09 Å². The Labute approximate surface area is 123 Å². The Bertz CT molecular complexity index is 487. The third-order valence-electron chi connectivity index (χ3n) is 2.60. The second-order valence-corrected chi connectivity index (χ2v) is 5.90. The van der Waals surface area contributed by atoms with Crippen molar-refractivity contribution in [1.82, 2.24) is 10.6 Å². The highest BCUT2D eigenvalue weighted by molar-refractivity contribution is 5.67. The normalized spacial score (nSPS) is 12.9. The predicted molar refractivity (Wildman–Crippen MR) is 76.9 cm³/mol. The molecule has 0 fully saturated rings. The number of nitrogens with one attached hydrogen (secondary N) is 2. The van der Waals surface area contributed by atoms with Crippen molar-refractivity contribution in [2.24, 2.45) is 0 Å². The van der Waals surface area contributed by atoms with E-state index in [1.54, 1.807) is 20.8 Å². The third-order valence-corrected chi connectivity index (χ3v) is 2.60. The van der Waals surface area contributed by atoms with E-state index in [2.05, 4.69) is 10.6 Å². The molecule has 0 aliphatic carbocycles. The first kappa shape index (κ1) is 17.4. The fraction of sp³-hybridized carbons (Fsp3) is 0.533. The number of rotatable bonds is 5. The Balaban J connectivity index is 2.36.